The van der Waals surface area contributed by atoms with Crippen LogP contribution in [0.1, 0.15) is 5.56 Å². The van der Waals surface area contributed by atoms with Gasteiger partial charge in [0.05, 0.1) is 6.10 Å². The fourth-order valence-corrected chi connectivity index (χ4v) is 2.55. The Morgan fingerprint density at radius 2 is 2.00 bits per heavy atom. The molecule has 3 N–H and O–H groups in total. The van der Waals surface area contributed by atoms with Crippen LogP contribution in [0.2, 0.25) is 0 Å². The van der Waals surface area contributed by atoms with Crippen LogP contribution in [0.25, 0.3) is 0 Å². The lowest BCUT2D eigenvalue weighted by Crippen LogP contribution is -2.39. The zero-order chi connectivity index (χ0) is 16.3. The first-order valence-corrected chi connectivity index (χ1v) is 7.16. The Kier molecular flexibility index (Phi) is 4.97. The zero-order valence-electron chi connectivity index (χ0n) is 11.2. The second-order valence-corrected chi connectivity index (χ2v) is 5.84. The summed E-state index contributed by atoms with van der Waals surface area (Å²) < 4.78 is 36.6. The maximum Gasteiger partial charge on any atom is 0.446 e. The van der Waals surface area contributed by atoms with E-state index in [9.17, 15) is 27.9 Å². The summed E-state index contributed by atoms with van der Waals surface area (Å²) in [6, 6.07) is 5.52. The number of carbonyl (C=O) groups excluding carboxylic acids is 2. The number of hydrogen-bond acceptors (Lipinski definition) is 4. The second kappa shape index (κ2) is 6.57. The molecule has 2 rings (SSSR count). The molecule has 1 fully saturated rings. The summed E-state index contributed by atoms with van der Waals surface area (Å²) in [5, 5.41) is 14.4. The van der Waals surface area contributed by atoms with Gasteiger partial charge in [-0.2, -0.15) is 13.2 Å². The highest BCUT2D eigenvalue weighted by atomic mass is 32.2. The standard InChI is InChI=1S/C13H13F3N2O3S/c14-13(15,16)22-8-3-1-7(2-4-8)5-17-11(20)10-9(19)6-18-12(10)21/h1-4,9-10,19H,5-6H2,(H,17,20)(H,18,21). The van der Waals surface area contributed by atoms with E-state index < -0.39 is 29.3 Å². The van der Waals surface area contributed by atoms with Crippen molar-refractivity contribution in [1.29, 1.82) is 0 Å². The molecule has 2 amide bonds. The van der Waals surface area contributed by atoms with Crippen molar-refractivity contribution in [3.05, 3.63) is 29.8 Å². The summed E-state index contributed by atoms with van der Waals surface area (Å²) in [6.07, 6.45) is -1.07. The van der Waals surface area contributed by atoms with Crippen molar-refractivity contribution in [3.63, 3.8) is 0 Å². The fourth-order valence-electron chi connectivity index (χ4n) is 2.01. The number of β-amino-alcohol motifs (C(OH)–C–C–N with tert-alkyl or cyclic N) is 1. The molecule has 1 heterocycles. The van der Waals surface area contributed by atoms with Crippen LogP contribution in [0.5, 0.6) is 0 Å². The molecule has 22 heavy (non-hydrogen) atoms. The molecule has 1 aliphatic heterocycles. The smallest absolute Gasteiger partial charge is 0.390 e. The summed E-state index contributed by atoms with van der Waals surface area (Å²) >= 11 is -0.219. The van der Waals surface area contributed by atoms with Crippen LogP contribution in [-0.2, 0) is 16.1 Å². The third-order valence-electron chi connectivity index (χ3n) is 3.06. The maximum atomic E-state index is 12.2. The van der Waals surface area contributed by atoms with Crippen LogP contribution in [0.4, 0.5) is 13.2 Å². The molecule has 0 radical (unpaired) electrons. The van der Waals surface area contributed by atoms with Crippen molar-refractivity contribution < 1.29 is 27.9 Å². The van der Waals surface area contributed by atoms with Crippen LogP contribution in [-0.4, -0.2) is 35.1 Å². The number of aliphatic hydroxyl groups is 1. The Hall–Kier alpha value is -1.74. The van der Waals surface area contributed by atoms with Crippen LogP contribution < -0.4 is 10.6 Å². The number of amides is 2. The number of halogens is 3. The van der Waals surface area contributed by atoms with Gasteiger partial charge < -0.3 is 15.7 Å². The van der Waals surface area contributed by atoms with E-state index >= 15 is 0 Å². The SMILES string of the molecule is O=C(NCc1ccc(SC(F)(F)F)cc1)C1C(=O)NCC1O. The van der Waals surface area contributed by atoms with Gasteiger partial charge >= 0.3 is 5.51 Å². The third kappa shape index (κ3) is 4.38. The molecule has 0 spiro atoms. The molecule has 120 valence electrons. The number of rotatable bonds is 4. The average Bonchev–Trinajstić information content (AvgIpc) is 2.75. The Balaban J connectivity index is 1.89. The largest absolute Gasteiger partial charge is 0.446 e. The van der Waals surface area contributed by atoms with Crippen LogP contribution in [0.3, 0.4) is 0 Å². The lowest BCUT2D eigenvalue weighted by atomic mass is 10.0. The van der Waals surface area contributed by atoms with Crippen LogP contribution >= 0.6 is 11.8 Å². The number of hydrogen-bond donors (Lipinski definition) is 3. The van der Waals surface area contributed by atoms with Crippen molar-refractivity contribution in [2.75, 3.05) is 6.54 Å². The first-order chi connectivity index (χ1) is 10.3. The van der Waals surface area contributed by atoms with Crippen molar-refractivity contribution in [1.82, 2.24) is 10.6 Å². The monoisotopic (exact) mass is 334 g/mol. The highest BCUT2D eigenvalue weighted by molar-refractivity contribution is 8.00. The number of aliphatic hydroxyl groups excluding tert-OH is 1. The highest BCUT2D eigenvalue weighted by Gasteiger charge is 2.38. The summed E-state index contributed by atoms with van der Waals surface area (Å²) in [6.45, 7) is 0.0899. The molecular weight excluding hydrogens is 321 g/mol. The van der Waals surface area contributed by atoms with Crippen molar-refractivity contribution in [3.8, 4) is 0 Å². The molecule has 0 saturated carbocycles. The molecule has 0 aliphatic carbocycles. The maximum absolute atomic E-state index is 12.2. The lowest BCUT2D eigenvalue weighted by molar-refractivity contribution is -0.135. The van der Waals surface area contributed by atoms with Crippen molar-refractivity contribution >= 4 is 23.6 Å². The van der Waals surface area contributed by atoms with E-state index in [1.165, 1.54) is 24.3 Å². The number of thioether (sulfide) groups is 1. The molecule has 1 aromatic carbocycles. The molecular formula is C13H13F3N2O3S. The number of carbonyl (C=O) groups is 2. The number of alkyl halides is 3. The quantitative estimate of drug-likeness (QED) is 0.567. The summed E-state index contributed by atoms with van der Waals surface area (Å²) in [4.78, 5) is 23.2. The van der Waals surface area contributed by atoms with Gasteiger partial charge in [0.15, 0.2) is 0 Å². The van der Waals surface area contributed by atoms with E-state index in [1.54, 1.807) is 0 Å². The molecule has 2 unspecified atom stereocenters. The van der Waals surface area contributed by atoms with Gasteiger partial charge in [-0.15, -0.1) is 0 Å². The average molecular weight is 334 g/mol. The van der Waals surface area contributed by atoms with Crippen molar-refractivity contribution in [2.24, 2.45) is 5.92 Å². The Morgan fingerprint density at radius 1 is 1.36 bits per heavy atom. The van der Waals surface area contributed by atoms with Gasteiger partial charge in [-0.05, 0) is 29.5 Å². The van der Waals surface area contributed by atoms with Gasteiger partial charge in [0.25, 0.3) is 0 Å². The molecule has 1 aliphatic rings. The Labute approximate surface area is 128 Å². The molecule has 9 heteroatoms. The van der Waals surface area contributed by atoms with Gasteiger partial charge in [0.2, 0.25) is 11.8 Å². The summed E-state index contributed by atoms with van der Waals surface area (Å²) in [7, 11) is 0. The molecule has 0 aromatic heterocycles. The highest BCUT2D eigenvalue weighted by Crippen LogP contribution is 2.36. The van der Waals surface area contributed by atoms with Crippen LogP contribution in [0, 0.1) is 5.92 Å². The van der Waals surface area contributed by atoms with Gasteiger partial charge in [-0.3, -0.25) is 9.59 Å². The number of benzene rings is 1. The van der Waals surface area contributed by atoms with E-state index in [0.717, 1.165) is 0 Å². The predicted molar refractivity (Wildman–Crippen MR) is 72.7 cm³/mol. The van der Waals surface area contributed by atoms with E-state index in [1.807, 2.05) is 0 Å². The lowest BCUT2D eigenvalue weighted by Gasteiger charge is -2.12. The van der Waals surface area contributed by atoms with Gasteiger partial charge in [0.1, 0.15) is 5.92 Å². The molecule has 1 saturated heterocycles. The van der Waals surface area contributed by atoms with Gasteiger partial charge in [-0.25, -0.2) is 0 Å². The molecule has 0 bridgehead atoms. The van der Waals surface area contributed by atoms with Gasteiger partial charge in [-0.1, -0.05) is 12.1 Å². The van der Waals surface area contributed by atoms with E-state index in [2.05, 4.69) is 10.6 Å². The fraction of sp³-hybridized carbons (Fsp3) is 0.385. The zero-order valence-corrected chi connectivity index (χ0v) is 12.0. The van der Waals surface area contributed by atoms with Crippen molar-refractivity contribution in [2.45, 2.75) is 23.1 Å². The minimum Gasteiger partial charge on any atom is -0.390 e. The normalized spacial score (nSPS) is 21.5. The van der Waals surface area contributed by atoms with Crippen LogP contribution in [0.15, 0.2) is 29.2 Å². The van der Waals surface area contributed by atoms with E-state index in [0.29, 0.717) is 5.56 Å². The topological polar surface area (TPSA) is 78.4 Å². The predicted octanol–water partition coefficient (Wildman–Crippen LogP) is 1.02. The minimum absolute atomic E-state index is 0.0281. The van der Waals surface area contributed by atoms with E-state index in [4.69, 9.17) is 0 Å². The van der Waals surface area contributed by atoms with Gasteiger partial charge in [0, 0.05) is 18.0 Å². The Bertz CT molecular complexity index is 563. The molecule has 1 aromatic rings. The second-order valence-electron chi connectivity index (χ2n) is 4.70. The first-order valence-electron chi connectivity index (χ1n) is 6.34. The molecule has 5 nitrogen and oxygen atoms in total. The Morgan fingerprint density at radius 3 is 2.50 bits per heavy atom. The third-order valence-corrected chi connectivity index (χ3v) is 3.80. The summed E-state index contributed by atoms with van der Waals surface area (Å²) in [5.41, 5.74) is -3.76. The first kappa shape index (κ1) is 16.6. The summed E-state index contributed by atoms with van der Waals surface area (Å²) in [5.74, 6) is -2.31. The van der Waals surface area contributed by atoms with E-state index in [-0.39, 0.29) is 29.7 Å². The number of nitrogens with one attached hydrogen (secondary N) is 2. The molecule has 2 atom stereocenters. The minimum atomic E-state index is -4.35.